The van der Waals surface area contributed by atoms with Crippen molar-refractivity contribution in [1.82, 2.24) is 0 Å². The lowest BCUT2D eigenvalue weighted by atomic mass is 10.1. The van der Waals surface area contributed by atoms with Gasteiger partial charge >= 0.3 is 5.97 Å². The quantitative estimate of drug-likeness (QED) is 0.645. The minimum absolute atomic E-state index is 0.209. The lowest BCUT2D eigenvalue weighted by Crippen LogP contribution is -2.30. The number of halogens is 1. The number of nitrogens with two attached hydrogens (primary N) is 1. The van der Waals surface area contributed by atoms with Crippen LogP contribution in [0, 0.1) is 18.3 Å². The highest BCUT2D eigenvalue weighted by molar-refractivity contribution is 6.32. The largest absolute Gasteiger partial charge is 0.449 e. The molecule has 6 nitrogen and oxygen atoms in total. The van der Waals surface area contributed by atoms with Crippen LogP contribution in [0.3, 0.4) is 0 Å². The number of anilines is 2. The number of nitrogens with zero attached hydrogens (tertiary/aromatic N) is 1. The smallest absolute Gasteiger partial charge is 0.341 e. The van der Waals surface area contributed by atoms with Gasteiger partial charge in [-0.15, -0.1) is 0 Å². The summed E-state index contributed by atoms with van der Waals surface area (Å²) < 4.78 is 5.17. The molecule has 3 N–H and O–H groups in total. The van der Waals surface area contributed by atoms with Gasteiger partial charge in [-0.05, 0) is 43.7 Å². The maximum Gasteiger partial charge on any atom is 0.341 e. The minimum atomic E-state index is -1.04. The molecule has 0 heterocycles. The number of amides is 1. The predicted molar refractivity (Wildman–Crippen MR) is 95.3 cm³/mol. The Kier molecular flexibility index (Phi) is 5.63. The van der Waals surface area contributed by atoms with E-state index in [0.717, 1.165) is 5.56 Å². The van der Waals surface area contributed by atoms with Crippen LogP contribution in [0.25, 0.3) is 0 Å². The number of carbonyl (C=O) groups excluding carboxylic acids is 2. The van der Waals surface area contributed by atoms with Gasteiger partial charge in [0.2, 0.25) is 0 Å². The predicted octanol–water partition coefficient (Wildman–Crippen LogP) is 3.29. The Morgan fingerprint density at radius 1 is 1.32 bits per heavy atom. The van der Waals surface area contributed by atoms with Crippen molar-refractivity contribution in [3.63, 3.8) is 0 Å². The maximum atomic E-state index is 12.2. The zero-order chi connectivity index (χ0) is 18.6. The van der Waals surface area contributed by atoms with E-state index in [2.05, 4.69) is 5.32 Å². The fourth-order valence-electron chi connectivity index (χ4n) is 2.06. The van der Waals surface area contributed by atoms with Crippen LogP contribution >= 0.6 is 11.6 Å². The van der Waals surface area contributed by atoms with E-state index in [4.69, 9.17) is 27.3 Å². The first-order valence-electron chi connectivity index (χ1n) is 7.40. The van der Waals surface area contributed by atoms with Crippen LogP contribution in [0.15, 0.2) is 36.4 Å². The van der Waals surface area contributed by atoms with E-state index in [1.54, 1.807) is 19.1 Å². The summed E-state index contributed by atoms with van der Waals surface area (Å²) in [6, 6.07) is 11.4. The molecule has 0 radical (unpaired) electrons. The number of benzene rings is 2. The monoisotopic (exact) mass is 357 g/mol. The number of para-hydroxylation sites is 1. The summed E-state index contributed by atoms with van der Waals surface area (Å²) in [5, 5.41) is 11.6. The molecule has 2 aromatic carbocycles. The van der Waals surface area contributed by atoms with Gasteiger partial charge in [0.15, 0.2) is 6.10 Å². The highest BCUT2D eigenvalue weighted by Crippen LogP contribution is 2.21. The second-order valence-corrected chi connectivity index (χ2v) is 5.79. The first-order chi connectivity index (χ1) is 11.8. The number of ether oxygens (including phenoxy) is 1. The average Bonchev–Trinajstić information content (AvgIpc) is 2.57. The molecular weight excluding hydrogens is 342 g/mol. The number of hydrogen-bond acceptors (Lipinski definition) is 5. The molecule has 0 spiro atoms. The lowest BCUT2D eigenvalue weighted by Gasteiger charge is -2.15. The molecule has 7 heteroatoms. The van der Waals surface area contributed by atoms with Crippen molar-refractivity contribution >= 4 is 34.9 Å². The molecule has 2 rings (SSSR count). The summed E-state index contributed by atoms with van der Waals surface area (Å²) >= 11 is 5.92. The number of hydrogen-bond donors (Lipinski definition) is 2. The van der Waals surface area contributed by atoms with Gasteiger partial charge in [-0.2, -0.15) is 5.26 Å². The number of rotatable bonds is 4. The second-order valence-electron chi connectivity index (χ2n) is 5.38. The topological polar surface area (TPSA) is 105 Å². The SMILES string of the molecule is Cc1cccc(C(=O)O[C@@H](C)C(=O)Nc2ccc(C#N)c(Cl)c2)c1N. The molecular formula is C18H16ClN3O3. The van der Waals surface area contributed by atoms with Gasteiger partial charge in [-0.3, -0.25) is 4.79 Å². The van der Waals surface area contributed by atoms with Crippen molar-refractivity contribution in [1.29, 1.82) is 5.26 Å². The maximum absolute atomic E-state index is 12.2. The van der Waals surface area contributed by atoms with Crippen LogP contribution in [-0.2, 0) is 9.53 Å². The third-order valence-corrected chi connectivity index (χ3v) is 3.87. The van der Waals surface area contributed by atoms with Gasteiger partial charge in [0.25, 0.3) is 5.91 Å². The Balaban J connectivity index is 2.05. The van der Waals surface area contributed by atoms with Crippen molar-refractivity contribution in [2.75, 3.05) is 11.1 Å². The van der Waals surface area contributed by atoms with Crippen molar-refractivity contribution in [3.05, 3.63) is 58.1 Å². The molecule has 128 valence electrons. The van der Waals surface area contributed by atoms with Crippen LogP contribution in [0.2, 0.25) is 5.02 Å². The Bertz CT molecular complexity index is 874. The molecule has 1 amide bonds. The third-order valence-electron chi connectivity index (χ3n) is 3.55. The fourth-order valence-corrected chi connectivity index (χ4v) is 2.29. The Hall–Kier alpha value is -3.04. The standard InChI is InChI=1S/C18H16ClN3O3/c1-10-4-3-5-14(16(10)21)18(24)25-11(2)17(23)22-13-7-6-12(9-20)15(19)8-13/h3-8,11H,21H2,1-2H3,(H,22,23)/t11-/m0/s1. The van der Waals surface area contributed by atoms with Gasteiger partial charge in [0.05, 0.1) is 16.1 Å². The van der Waals surface area contributed by atoms with Gasteiger partial charge < -0.3 is 15.8 Å². The zero-order valence-corrected chi connectivity index (χ0v) is 14.4. The van der Waals surface area contributed by atoms with Crippen molar-refractivity contribution in [2.45, 2.75) is 20.0 Å². The highest BCUT2D eigenvalue weighted by atomic mass is 35.5. The third kappa shape index (κ3) is 4.28. The van der Waals surface area contributed by atoms with Crippen molar-refractivity contribution in [3.8, 4) is 6.07 Å². The van der Waals surface area contributed by atoms with E-state index in [9.17, 15) is 9.59 Å². The second kappa shape index (κ2) is 7.69. The number of carbonyl (C=O) groups is 2. The number of aryl methyl sites for hydroxylation is 1. The van der Waals surface area contributed by atoms with Crippen LogP contribution < -0.4 is 11.1 Å². The van der Waals surface area contributed by atoms with E-state index in [0.29, 0.717) is 16.9 Å². The molecule has 0 aliphatic heterocycles. The van der Waals surface area contributed by atoms with E-state index in [1.807, 2.05) is 6.07 Å². The van der Waals surface area contributed by atoms with Crippen LogP contribution in [-0.4, -0.2) is 18.0 Å². The van der Waals surface area contributed by atoms with Crippen molar-refractivity contribution < 1.29 is 14.3 Å². The van der Waals surface area contributed by atoms with E-state index in [1.165, 1.54) is 31.2 Å². The molecule has 0 saturated carbocycles. The average molecular weight is 358 g/mol. The summed E-state index contributed by atoms with van der Waals surface area (Å²) in [6.45, 7) is 3.22. The summed E-state index contributed by atoms with van der Waals surface area (Å²) in [6.07, 6.45) is -1.04. The molecule has 0 aromatic heterocycles. The van der Waals surface area contributed by atoms with Gasteiger partial charge in [-0.1, -0.05) is 23.7 Å². The molecule has 1 atom stereocenters. The zero-order valence-electron chi connectivity index (χ0n) is 13.7. The van der Waals surface area contributed by atoms with Gasteiger partial charge in [0.1, 0.15) is 6.07 Å². The van der Waals surface area contributed by atoms with Crippen LogP contribution in [0.1, 0.15) is 28.4 Å². The molecule has 0 aliphatic rings. The van der Waals surface area contributed by atoms with E-state index < -0.39 is 18.0 Å². The molecule has 2 aromatic rings. The molecule has 25 heavy (non-hydrogen) atoms. The number of nitrogen functional groups attached to an aromatic ring is 1. The number of nitrogens with one attached hydrogen (secondary N) is 1. The minimum Gasteiger partial charge on any atom is -0.449 e. The summed E-state index contributed by atoms with van der Waals surface area (Å²) in [5.41, 5.74) is 7.83. The van der Waals surface area contributed by atoms with Crippen LogP contribution in [0.4, 0.5) is 11.4 Å². The molecule has 0 saturated heterocycles. The molecule has 0 unspecified atom stereocenters. The first kappa shape index (κ1) is 18.3. The fraction of sp³-hybridized carbons (Fsp3) is 0.167. The van der Waals surface area contributed by atoms with Crippen molar-refractivity contribution in [2.24, 2.45) is 0 Å². The van der Waals surface area contributed by atoms with E-state index >= 15 is 0 Å². The Morgan fingerprint density at radius 2 is 2.04 bits per heavy atom. The molecule has 0 aliphatic carbocycles. The van der Waals surface area contributed by atoms with Gasteiger partial charge in [0, 0.05) is 11.4 Å². The summed E-state index contributed by atoms with van der Waals surface area (Å²) in [5.74, 6) is -1.21. The number of esters is 1. The van der Waals surface area contributed by atoms with E-state index in [-0.39, 0.29) is 10.6 Å². The van der Waals surface area contributed by atoms with Gasteiger partial charge in [-0.25, -0.2) is 4.79 Å². The first-order valence-corrected chi connectivity index (χ1v) is 7.78. The lowest BCUT2D eigenvalue weighted by molar-refractivity contribution is -0.123. The normalized spacial score (nSPS) is 11.3. The highest BCUT2D eigenvalue weighted by Gasteiger charge is 2.21. The summed E-state index contributed by atoms with van der Waals surface area (Å²) in [4.78, 5) is 24.4. The van der Waals surface area contributed by atoms with Crippen LogP contribution in [0.5, 0.6) is 0 Å². The Labute approximate surface area is 150 Å². The Morgan fingerprint density at radius 3 is 2.68 bits per heavy atom. The molecule has 0 fully saturated rings. The summed E-state index contributed by atoms with van der Waals surface area (Å²) in [7, 11) is 0. The number of nitriles is 1. The molecule has 0 bridgehead atoms.